The molecule has 2 amide bonds. The number of hydrogen-bond acceptors (Lipinski definition) is 8. The summed E-state index contributed by atoms with van der Waals surface area (Å²) in [5.41, 5.74) is 5.98. The first-order valence-electron chi connectivity index (χ1n) is 11.4. The molecule has 1 fully saturated rings. The van der Waals surface area contributed by atoms with E-state index in [1.807, 2.05) is 4.57 Å². The van der Waals surface area contributed by atoms with Gasteiger partial charge in [0.25, 0.3) is 5.91 Å². The van der Waals surface area contributed by atoms with Crippen LogP contribution < -0.4 is 11.1 Å². The Morgan fingerprint density at radius 1 is 1.29 bits per heavy atom. The molecule has 3 N–H and O–H groups in total. The number of anilines is 1. The van der Waals surface area contributed by atoms with Crippen molar-refractivity contribution < 1.29 is 19.1 Å². The molecule has 0 atom stereocenters. The second kappa shape index (κ2) is 12.2. The van der Waals surface area contributed by atoms with Crippen molar-refractivity contribution >= 4 is 45.9 Å². The zero-order valence-electron chi connectivity index (χ0n) is 19.6. The summed E-state index contributed by atoms with van der Waals surface area (Å²) in [7, 11) is 0. The predicted molar refractivity (Wildman–Crippen MR) is 133 cm³/mol. The summed E-state index contributed by atoms with van der Waals surface area (Å²) in [4.78, 5) is 37.1. The number of primary amides is 1. The molecular formula is C23H31N5O4S2. The lowest BCUT2D eigenvalue weighted by atomic mass is 9.87. The zero-order valence-corrected chi connectivity index (χ0v) is 21.2. The highest BCUT2D eigenvalue weighted by Crippen LogP contribution is 2.34. The Morgan fingerprint density at radius 3 is 2.68 bits per heavy atom. The molecule has 0 aromatic carbocycles. The zero-order chi connectivity index (χ0) is 24.7. The first-order chi connectivity index (χ1) is 16.3. The molecule has 0 spiro atoms. The normalized spacial score (nSPS) is 14.1. The summed E-state index contributed by atoms with van der Waals surface area (Å²) >= 11 is 2.24. The van der Waals surface area contributed by atoms with Crippen molar-refractivity contribution in [2.24, 2.45) is 11.7 Å². The average molecular weight is 506 g/mol. The first-order valence-corrected chi connectivity index (χ1v) is 13.2. The van der Waals surface area contributed by atoms with Crippen molar-refractivity contribution in [2.75, 3.05) is 17.7 Å². The SMILES string of the molecule is C=CCn1c(CC2CCCCC2)nnc1SCC(=O)Nc1sc(C(N)=O)c(C)c1C(=O)OCC. The molecule has 1 aliphatic carbocycles. The van der Waals surface area contributed by atoms with Gasteiger partial charge < -0.3 is 20.4 Å². The van der Waals surface area contributed by atoms with E-state index in [0.29, 0.717) is 23.2 Å². The van der Waals surface area contributed by atoms with Crippen LogP contribution in [0.2, 0.25) is 0 Å². The Kier molecular flexibility index (Phi) is 9.28. The van der Waals surface area contributed by atoms with E-state index in [2.05, 4.69) is 22.1 Å². The van der Waals surface area contributed by atoms with Gasteiger partial charge in [-0.15, -0.1) is 28.1 Å². The molecular weight excluding hydrogens is 474 g/mol. The third-order valence-electron chi connectivity index (χ3n) is 5.74. The highest BCUT2D eigenvalue weighted by atomic mass is 32.2. The number of rotatable bonds is 11. The number of carbonyl (C=O) groups is 3. The lowest BCUT2D eigenvalue weighted by Crippen LogP contribution is -2.17. The van der Waals surface area contributed by atoms with E-state index in [0.717, 1.165) is 23.6 Å². The molecule has 0 radical (unpaired) electrons. The van der Waals surface area contributed by atoms with Crippen LogP contribution in [0.15, 0.2) is 17.8 Å². The fraction of sp³-hybridized carbons (Fsp3) is 0.522. The molecule has 2 aromatic rings. The Morgan fingerprint density at radius 2 is 2.03 bits per heavy atom. The maximum Gasteiger partial charge on any atom is 0.341 e. The summed E-state index contributed by atoms with van der Waals surface area (Å²) in [6.07, 6.45) is 8.91. The Labute approximate surface area is 207 Å². The van der Waals surface area contributed by atoms with Gasteiger partial charge in [0.1, 0.15) is 10.8 Å². The minimum absolute atomic E-state index is 0.0593. The summed E-state index contributed by atoms with van der Waals surface area (Å²) in [5.74, 6) is -0.0144. The van der Waals surface area contributed by atoms with Crippen LogP contribution in [0.1, 0.15) is 70.4 Å². The van der Waals surface area contributed by atoms with Crippen molar-refractivity contribution in [1.82, 2.24) is 14.8 Å². The molecule has 3 rings (SSSR count). The van der Waals surface area contributed by atoms with E-state index in [-0.39, 0.29) is 33.7 Å². The summed E-state index contributed by atoms with van der Waals surface area (Å²) in [5, 5.41) is 12.3. The van der Waals surface area contributed by atoms with E-state index < -0.39 is 11.9 Å². The maximum absolute atomic E-state index is 12.7. The number of nitrogens with two attached hydrogens (primary N) is 1. The first kappa shape index (κ1) is 26.0. The molecule has 11 heteroatoms. The Hall–Kier alpha value is -2.66. The predicted octanol–water partition coefficient (Wildman–Crippen LogP) is 3.96. The van der Waals surface area contributed by atoms with Gasteiger partial charge in [-0.25, -0.2) is 4.79 Å². The van der Waals surface area contributed by atoms with E-state index in [1.54, 1.807) is 19.9 Å². The average Bonchev–Trinajstić information content (AvgIpc) is 3.33. The van der Waals surface area contributed by atoms with Gasteiger partial charge in [0.2, 0.25) is 5.91 Å². The van der Waals surface area contributed by atoms with Gasteiger partial charge in [-0.2, -0.15) is 0 Å². The minimum Gasteiger partial charge on any atom is -0.462 e. The standard InChI is InChI=1S/C23H31N5O4S2/c1-4-11-28-16(12-15-9-7-6-8-10-15)26-27-23(28)33-13-17(29)25-21-18(22(31)32-5-2)14(3)19(34-21)20(24)30/h4,15H,1,5-13H2,2-3H3,(H2,24,30)(H,25,29). The molecule has 2 aromatic heterocycles. The molecule has 0 unspecified atom stereocenters. The van der Waals surface area contributed by atoms with Crippen LogP contribution >= 0.6 is 23.1 Å². The largest absolute Gasteiger partial charge is 0.462 e. The van der Waals surface area contributed by atoms with Crippen LogP contribution in [0.4, 0.5) is 5.00 Å². The summed E-state index contributed by atoms with van der Waals surface area (Å²) in [6, 6.07) is 0. The molecule has 0 bridgehead atoms. The number of nitrogens with zero attached hydrogens (tertiary/aromatic N) is 3. The lowest BCUT2D eigenvalue weighted by Gasteiger charge is -2.21. The van der Waals surface area contributed by atoms with Crippen molar-refractivity contribution in [3.8, 4) is 0 Å². The molecule has 34 heavy (non-hydrogen) atoms. The summed E-state index contributed by atoms with van der Waals surface area (Å²) < 4.78 is 7.09. The van der Waals surface area contributed by atoms with Crippen LogP contribution in [-0.4, -0.2) is 44.9 Å². The molecule has 0 saturated heterocycles. The molecule has 1 aliphatic rings. The van der Waals surface area contributed by atoms with E-state index >= 15 is 0 Å². The third kappa shape index (κ3) is 6.26. The van der Waals surface area contributed by atoms with Gasteiger partial charge in [-0.1, -0.05) is 49.9 Å². The van der Waals surface area contributed by atoms with Gasteiger partial charge in [0.15, 0.2) is 5.16 Å². The third-order valence-corrected chi connectivity index (χ3v) is 7.93. The van der Waals surface area contributed by atoms with Gasteiger partial charge in [-0.05, 0) is 25.3 Å². The van der Waals surface area contributed by atoms with E-state index in [1.165, 1.54) is 43.9 Å². The van der Waals surface area contributed by atoms with Crippen LogP contribution in [0, 0.1) is 12.8 Å². The number of nitrogens with one attached hydrogen (secondary N) is 1. The van der Waals surface area contributed by atoms with Crippen LogP contribution in [0.3, 0.4) is 0 Å². The van der Waals surface area contributed by atoms with Crippen LogP contribution in [0.25, 0.3) is 0 Å². The van der Waals surface area contributed by atoms with Crippen molar-refractivity contribution in [3.05, 3.63) is 34.5 Å². The van der Waals surface area contributed by atoms with Gasteiger partial charge in [-0.3, -0.25) is 9.59 Å². The second-order valence-electron chi connectivity index (χ2n) is 8.19. The quantitative estimate of drug-likeness (QED) is 0.269. The van der Waals surface area contributed by atoms with Crippen LogP contribution in [0.5, 0.6) is 0 Å². The summed E-state index contributed by atoms with van der Waals surface area (Å²) in [6.45, 7) is 7.87. The minimum atomic E-state index is -0.661. The number of amides is 2. The fourth-order valence-electron chi connectivity index (χ4n) is 4.12. The van der Waals surface area contributed by atoms with Crippen molar-refractivity contribution in [2.45, 2.75) is 64.1 Å². The Balaban J connectivity index is 1.70. The highest BCUT2D eigenvalue weighted by Gasteiger charge is 2.26. The van der Waals surface area contributed by atoms with Crippen molar-refractivity contribution in [1.29, 1.82) is 0 Å². The number of aromatic nitrogens is 3. The van der Waals surface area contributed by atoms with Crippen LogP contribution in [-0.2, 0) is 22.5 Å². The lowest BCUT2D eigenvalue weighted by molar-refractivity contribution is -0.113. The van der Waals surface area contributed by atoms with Crippen molar-refractivity contribution in [3.63, 3.8) is 0 Å². The Bertz CT molecular complexity index is 1060. The smallest absolute Gasteiger partial charge is 0.341 e. The molecule has 184 valence electrons. The number of allylic oxidation sites excluding steroid dienone is 1. The maximum atomic E-state index is 12.7. The van der Waals surface area contributed by atoms with Gasteiger partial charge >= 0.3 is 5.97 Å². The van der Waals surface area contributed by atoms with Gasteiger partial charge in [0.05, 0.1) is 22.8 Å². The van der Waals surface area contributed by atoms with E-state index in [9.17, 15) is 14.4 Å². The highest BCUT2D eigenvalue weighted by molar-refractivity contribution is 7.99. The number of esters is 1. The second-order valence-corrected chi connectivity index (χ2v) is 10.2. The number of ether oxygens (including phenoxy) is 1. The molecule has 2 heterocycles. The fourth-order valence-corrected chi connectivity index (χ4v) is 5.95. The monoisotopic (exact) mass is 505 g/mol. The molecule has 9 nitrogen and oxygen atoms in total. The molecule has 0 aliphatic heterocycles. The number of hydrogen-bond donors (Lipinski definition) is 2. The topological polar surface area (TPSA) is 129 Å². The molecule has 1 saturated carbocycles. The number of thioether (sulfide) groups is 1. The van der Waals surface area contributed by atoms with Gasteiger partial charge in [0, 0.05) is 13.0 Å². The van der Waals surface area contributed by atoms with E-state index in [4.69, 9.17) is 10.5 Å². The number of carbonyl (C=O) groups excluding carboxylic acids is 3. The number of thiophene rings is 1.